The van der Waals surface area contributed by atoms with Crippen LogP contribution in [-0.2, 0) is 16.4 Å². The molecule has 0 radical (unpaired) electrons. The molecule has 0 amide bonds. The van der Waals surface area contributed by atoms with E-state index in [0.29, 0.717) is 18.1 Å². The zero-order valence-electron chi connectivity index (χ0n) is 16.3. The summed E-state index contributed by atoms with van der Waals surface area (Å²) in [5.41, 5.74) is 3.77. The Morgan fingerprint density at radius 2 is 2.11 bits per heavy atom. The molecule has 1 aromatic carbocycles. The van der Waals surface area contributed by atoms with Crippen molar-refractivity contribution in [3.63, 3.8) is 0 Å². The molecule has 0 saturated carbocycles. The fourth-order valence-electron chi connectivity index (χ4n) is 3.27. The Balaban J connectivity index is 1.65. The van der Waals surface area contributed by atoms with Crippen molar-refractivity contribution in [2.45, 2.75) is 32.9 Å². The Kier molecular flexibility index (Phi) is 6.14. The molecule has 0 unspecified atom stereocenters. The van der Waals surface area contributed by atoms with E-state index in [1.807, 2.05) is 48.9 Å². The molecule has 0 bridgehead atoms. The van der Waals surface area contributed by atoms with E-state index in [2.05, 4.69) is 15.5 Å². The van der Waals surface area contributed by atoms with Crippen LogP contribution in [0.5, 0.6) is 0 Å². The first-order valence-electron chi connectivity index (χ1n) is 9.12. The largest absolute Gasteiger partial charge is 0.357 e. The molecule has 9 heteroatoms. The fraction of sp³-hybridized carbons (Fsp3) is 0.421. The highest BCUT2D eigenvalue weighted by molar-refractivity contribution is 7.91. The molecular weight excluding hydrogens is 394 g/mol. The number of thiocarbonyl (C=S) groups is 1. The molecule has 1 aliphatic rings. The average Bonchev–Trinajstić information content (AvgIpc) is 3.17. The summed E-state index contributed by atoms with van der Waals surface area (Å²) >= 11 is 5.39. The van der Waals surface area contributed by atoms with Crippen LogP contribution in [0.3, 0.4) is 0 Å². The normalized spacial score (nSPS) is 18.5. The van der Waals surface area contributed by atoms with Crippen molar-refractivity contribution < 1.29 is 8.42 Å². The van der Waals surface area contributed by atoms with Gasteiger partial charge in [0.25, 0.3) is 0 Å². The van der Waals surface area contributed by atoms with Gasteiger partial charge in [-0.1, -0.05) is 30.3 Å². The van der Waals surface area contributed by atoms with Crippen LogP contribution in [0.15, 0.2) is 35.4 Å². The molecule has 3 rings (SSSR count). The number of rotatable bonds is 5. The summed E-state index contributed by atoms with van der Waals surface area (Å²) in [7, 11) is -1.17. The number of hydrogen-bond donors (Lipinski definition) is 1. The summed E-state index contributed by atoms with van der Waals surface area (Å²) in [5.74, 6) is 0.377. The predicted molar refractivity (Wildman–Crippen MR) is 115 cm³/mol. The van der Waals surface area contributed by atoms with E-state index in [9.17, 15) is 8.42 Å². The molecule has 28 heavy (non-hydrogen) atoms. The van der Waals surface area contributed by atoms with Crippen molar-refractivity contribution in [1.29, 1.82) is 0 Å². The summed E-state index contributed by atoms with van der Waals surface area (Å²) < 4.78 is 25.4. The quantitative estimate of drug-likeness (QED) is 0.455. The molecule has 2 aromatic rings. The summed E-state index contributed by atoms with van der Waals surface area (Å²) in [6, 6.07) is 9.91. The maximum atomic E-state index is 11.8. The minimum absolute atomic E-state index is 0.0998. The van der Waals surface area contributed by atoms with Gasteiger partial charge < -0.3 is 5.32 Å². The van der Waals surface area contributed by atoms with Crippen LogP contribution in [0.4, 0.5) is 0 Å². The van der Waals surface area contributed by atoms with Gasteiger partial charge in [-0.15, -0.1) is 0 Å². The van der Waals surface area contributed by atoms with Gasteiger partial charge in [-0.05, 0) is 38.0 Å². The second-order valence-corrected chi connectivity index (χ2v) is 9.61. The SMILES string of the molecule is Cc1nn([C@@H]2CCS(=O)(=O)C2)c(C)c1/C=N\N(C)C(=S)NCc1ccccc1. The van der Waals surface area contributed by atoms with E-state index in [4.69, 9.17) is 12.2 Å². The van der Waals surface area contributed by atoms with Crippen LogP contribution in [0.1, 0.15) is 35.0 Å². The number of aromatic nitrogens is 2. The van der Waals surface area contributed by atoms with Gasteiger partial charge in [-0.25, -0.2) is 13.4 Å². The molecule has 1 atom stereocenters. The molecule has 7 nitrogen and oxygen atoms in total. The van der Waals surface area contributed by atoms with E-state index in [0.717, 1.165) is 22.5 Å². The van der Waals surface area contributed by atoms with Gasteiger partial charge in [0.05, 0.1) is 29.5 Å². The van der Waals surface area contributed by atoms with Crippen LogP contribution >= 0.6 is 12.2 Å². The first kappa shape index (κ1) is 20.5. The van der Waals surface area contributed by atoms with Crippen molar-refractivity contribution in [2.24, 2.45) is 5.10 Å². The van der Waals surface area contributed by atoms with E-state index < -0.39 is 9.84 Å². The Morgan fingerprint density at radius 3 is 2.75 bits per heavy atom. The predicted octanol–water partition coefficient (Wildman–Crippen LogP) is 2.20. The second kappa shape index (κ2) is 8.40. The number of benzene rings is 1. The molecule has 150 valence electrons. The van der Waals surface area contributed by atoms with Gasteiger partial charge in [0.1, 0.15) is 0 Å². The standard InChI is InChI=1S/C19H25N5O2S2/c1-14-18(15(2)24(22-14)17-9-10-28(25,26)13-17)12-21-23(3)19(27)20-11-16-7-5-4-6-8-16/h4-8,12,17H,9-11,13H2,1-3H3,(H,20,27)/b21-12-/t17-/m1/s1. The number of sulfone groups is 1. The summed E-state index contributed by atoms with van der Waals surface area (Å²) in [4.78, 5) is 0. The smallest absolute Gasteiger partial charge is 0.189 e. The van der Waals surface area contributed by atoms with Gasteiger partial charge in [-0.3, -0.25) is 4.68 Å². The van der Waals surface area contributed by atoms with E-state index in [1.54, 1.807) is 18.3 Å². The molecular formula is C19H25N5O2S2. The molecule has 1 fully saturated rings. The third-order valence-corrected chi connectivity index (χ3v) is 7.03. The Morgan fingerprint density at radius 1 is 1.39 bits per heavy atom. The van der Waals surface area contributed by atoms with E-state index in [-0.39, 0.29) is 17.5 Å². The number of aryl methyl sites for hydroxylation is 1. The Labute approximate surface area is 171 Å². The molecule has 1 N–H and O–H groups in total. The van der Waals surface area contributed by atoms with Crippen LogP contribution in [0.2, 0.25) is 0 Å². The lowest BCUT2D eigenvalue weighted by molar-refractivity contribution is 0.486. The summed E-state index contributed by atoms with van der Waals surface area (Å²) in [5, 5.41) is 14.3. The average molecular weight is 420 g/mol. The van der Waals surface area contributed by atoms with Crippen LogP contribution in [0, 0.1) is 13.8 Å². The number of hydrogen-bond acceptors (Lipinski definition) is 5. The van der Waals surface area contributed by atoms with Crippen LogP contribution in [-0.4, -0.2) is 53.1 Å². The van der Waals surface area contributed by atoms with Crippen molar-refractivity contribution in [3.8, 4) is 0 Å². The zero-order valence-corrected chi connectivity index (χ0v) is 17.9. The highest BCUT2D eigenvalue weighted by Crippen LogP contribution is 2.26. The van der Waals surface area contributed by atoms with Gasteiger partial charge in [0.15, 0.2) is 14.9 Å². The van der Waals surface area contributed by atoms with Gasteiger partial charge in [0, 0.05) is 24.8 Å². The highest BCUT2D eigenvalue weighted by atomic mass is 32.2. The minimum Gasteiger partial charge on any atom is -0.357 e. The minimum atomic E-state index is -2.96. The molecule has 2 heterocycles. The summed E-state index contributed by atoms with van der Waals surface area (Å²) in [6.07, 6.45) is 2.34. The maximum Gasteiger partial charge on any atom is 0.189 e. The van der Waals surface area contributed by atoms with Crippen molar-refractivity contribution in [1.82, 2.24) is 20.1 Å². The van der Waals surface area contributed by atoms with Crippen molar-refractivity contribution in [3.05, 3.63) is 52.8 Å². The monoisotopic (exact) mass is 419 g/mol. The lowest BCUT2D eigenvalue weighted by atomic mass is 10.2. The molecule has 1 saturated heterocycles. The molecule has 0 spiro atoms. The third-order valence-electron chi connectivity index (χ3n) is 4.88. The Hall–Kier alpha value is -2.26. The lowest BCUT2D eigenvalue weighted by Crippen LogP contribution is -2.33. The van der Waals surface area contributed by atoms with E-state index in [1.165, 1.54) is 0 Å². The lowest BCUT2D eigenvalue weighted by Gasteiger charge is -2.15. The Bertz CT molecular complexity index is 983. The molecule has 0 aliphatic carbocycles. The first-order chi connectivity index (χ1) is 13.3. The zero-order chi connectivity index (χ0) is 20.3. The van der Waals surface area contributed by atoms with Crippen molar-refractivity contribution >= 4 is 33.4 Å². The van der Waals surface area contributed by atoms with E-state index >= 15 is 0 Å². The second-order valence-electron chi connectivity index (χ2n) is 7.00. The third kappa shape index (κ3) is 4.77. The maximum absolute atomic E-state index is 11.8. The van der Waals surface area contributed by atoms with Gasteiger partial charge >= 0.3 is 0 Å². The fourth-order valence-corrected chi connectivity index (χ4v) is 5.08. The van der Waals surface area contributed by atoms with Crippen LogP contribution in [0.25, 0.3) is 0 Å². The van der Waals surface area contributed by atoms with Crippen molar-refractivity contribution in [2.75, 3.05) is 18.6 Å². The van der Waals surface area contributed by atoms with Gasteiger partial charge in [-0.2, -0.15) is 10.2 Å². The molecule has 1 aromatic heterocycles. The van der Waals surface area contributed by atoms with Gasteiger partial charge in [0.2, 0.25) is 0 Å². The van der Waals surface area contributed by atoms with Crippen LogP contribution < -0.4 is 5.32 Å². The number of hydrazone groups is 1. The highest BCUT2D eigenvalue weighted by Gasteiger charge is 2.31. The number of nitrogens with zero attached hydrogens (tertiary/aromatic N) is 4. The summed E-state index contributed by atoms with van der Waals surface area (Å²) in [6.45, 7) is 4.48. The first-order valence-corrected chi connectivity index (χ1v) is 11.4. The molecule has 1 aliphatic heterocycles. The topological polar surface area (TPSA) is 79.6 Å². The number of nitrogens with one attached hydrogen (secondary N) is 1.